The van der Waals surface area contributed by atoms with Gasteiger partial charge in [0, 0.05) is 11.3 Å². The van der Waals surface area contributed by atoms with Crippen molar-refractivity contribution >= 4 is 17.5 Å². The van der Waals surface area contributed by atoms with Gasteiger partial charge in [-0.2, -0.15) is 4.98 Å². The van der Waals surface area contributed by atoms with Crippen molar-refractivity contribution < 1.29 is 0 Å². The van der Waals surface area contributed by atoms with E-state index in [4.69, 9.17) is 5.73 Å². The summed E-state index contributed by atoms with van der Waals surface area (Å²) in [6, 6.07) is 17.8. The first kappa shape index (κ1) is 13.1. The Kier molecular flexibility index (Phi) is 3.47. The summed E-state index contributed by atoms with van der Waals surface area (Å²) in [5.74, 6) is 0.744. The van der Waals surface area contributed by atoms with Crippen molar-refractivity contribution in [3.63, 3.8) is 0 Å². The van der Waals surface area contributed by atoms with Crippen molar-refractivity contribution in [3.05, 3.63) is 60.2 Å². The van der Waals surface area contributed by atoms with Gasteiger partial charge in [0.1, 0.15) is 5.69 Å². The Labute approximate surface area is 122 Å². The van der Waals surface area contributed by atoms with Gasteiger partial charge in [0.2, 0.25) is 5.95 Å². The molecule has 1 aromatic heterocycles. The van der Waals surface area contributed by atoms with E-state index in [-0.39, 0.29) is 5.95 Å². The van der Waals surface area contributed by atoms with E-state index in [2.05, 4.69) is 20.5 Å². The monoisotopic (exact) mass is 277 g/mol. The van der Waals surface area contributed by atoms with Gasteiger partial charge in [0.05, 0.1) is 0 Å². The van der Waals surface area contributed by atoms with E-state index in [9.17, 15) is 0 Å². The zero-order valence-electron chi connectivity index (χ0n) is 11.6. The Bertz CT molecular complexity index is 756. The summed E-state index contributed by atoms with van der Waals surface area (Å²) in [6.45, 7) is 2.03. The van der Waals surface area contributed by atoms with Gasteiger partial charge >= 0.3 is 0 Å². The second kappa shape index (κ2) is 5.58. The predicted octanol–water partition coefficient (Wildman–Crippen LogP) is 3.17. The second-order valence-corrected chi connectivity index (χ2v) is 4.67. The highest BCUT2D eigenvalue weighted by Crippen LogP contribution is 2.27. The number of nitrogens with one attached hydrogen (secondary N) is 1. The van der Waals surface area contributed by atoms with Crippen LogP contribution < -0.4 is 11.1 Å². The first-order chi connectivity index (χ1) is 10.2. The standard InChI is InChI=1S/C16H15N5/c1-11-7-5-6-10-13(11)18-15-14(20-21-16(17)19-15)12-8-3-2-4-9-12/h2-10H,1H3,(H3,17,18,19,21). The number of rotatable bonds is 3. The van der Waals surface area contributed by atoms with Gasteiger partial charge in [0.15, 0.2) is 5.82 Å². The topological polar surface area (TPSA) is 76.7 Å². The lowest BCUT2D eigenvalue weighted by atomic mass is 10.1. The summed E-state index contributed by atoms with van der Waals surface area (Å²) >= 11 is 0. The highest BCUT2D eigenvalue weighted by atomic mass is 15.2. The van der Waals surface area contributed by atoms with Crippen LogP contribution in [0, 0.1) is 6.92 Å². The second-order valence-electron chi connectivity index (χ2n) is 4.67. The molecule has 3 rings (SSSR count). The maximum atomic E-state index is 5.67. The van der Waals surface area contributed by atoms with Gasteiger partial charge in [-0.3, -0.25) is 0 Å². The number of nitrogen functional groups attached to an aromatic ring is 1. The molecule has 0 saturated carbocycles. The molecule has 0 aliphatic heterocycles. The van der Waals surface area contributed by atoms with Gasteiger partial charge in [0.25, 0.3) is 0 Å². The zero-order chi connectivity index (χ0) is 14.7. The molecule has 0 radical (unpaired) electrons. The third-order valence-corrected chi connectivity index (χ3v) is 3.15. The quantitative estimate of drug-likeness (QED) is 0.769. The van der Waals surface area contributed by atoms with E-state index >= 15 is 0 Å². The average molecular weight is 277 g/mol. The number of benzene rings is 2. The number of nitrogens with zero attached hydrogens (tertiary/aromatic N) is 3. The predicted molar refractivity (Wildman–Crippen MR) is 84.1 cm³/mol. The Hall–Kier alpha value is -2.95. The van der Waals surface area contributed by atoms with Crippen molar-refractivity contribution in [1.29, 1.82) is 0 Å². The van der Waals surface area contributed by atoms with E-state index in [0.29, 0.717) is 11.5 Å². The van der Waals surface area contributed by atoms with Crippen LogP contribution in [0.3, 0.4) is 0 Å². The summed E-state index contributed by atoms with van der Waals surface area (Å²) in [5.41, 5.74) is 9.37. The van der Waals surface area contributed by atoms with Crippen LogP contribution in [0.4, 0.5) is 17.5 Å². The summed E-state index contributed by atoms with van der Waals surface area (Å²) in [4.78, 5) is 4.28. The molecule has 104 valence electrons. The summed E-state index contributed by atoms with van der Waals surface area (Å²) < 4.78 is 0. The molecule has 0 spiro atoms. The molecule has 3 aromatic rings. The van der Waals surface area contributed by atoms with E-state index < -0.39 is 0 Å². The summed E-state index contributed by atoms with van der Waals surface area (Å²) in [7, 11) is 0. The first-order valence-corrected chi connectivity index (χ1v) is 6.62. The zero-order valence-corrected chi connectivity index (χ0v) is 11.6. The van der Waals surface area contributed by atoms with Gasteiger partial charge < -0.3 is 11.1 Å². The number of aryl methyl sites for hydroxylation is 1. The van der Waals surface area contributed by atoms with Crippen LogP contribution in [-0.2, 0) is 0 Å². The number of hydrogen-bond donors (Lipinski definition) is 2. The maximum absolute atomic E-state index is 5.67. The lowest BCUT2D eigenvalue weighted by molar-refractivity contribution is 0.996. The highest BCUT2D eigenvalue weighted by Gasteiger charge is 2.11. The van der Waals surface area contributed by atoms with Crippen molar-refractivity contribution in [2.45, 2.75) is 6.92 Å². The fourth-order valence-corrected chi connectivity index (χ4v) is 2.06. The number of hydrogen-bond acceptors (Lipinski definition) is 5. The molecule has 0 fully saturated rings. The third-order valence-electron chi connectivity index (χ3n) is 3.15. The molecule has 0 atom stereocenters. The molecule has 0 aliphatic rings. The fraction of sp³-hybridized carbons (Fsp3) is 0.0625. The molecule has 0 amide bonds. The molecule has 3 N–H and O–H groups in total. The Morgan fingerprint density at radius 1 is 0.905 bits per heavy atom. The van der Waals surface area contributed by atoms with Crippen LogP contribution in [-0.4, -0.2) is 15.2 Å². The van der Waals surface area contributed by atoms with Crippen LogP contribution >= 0.6 is 0 Å². The third kappa shape index (κ3) is 2.81. The maximum Gasteiger partial charge on any atom is 0.242 e. The molecule has 1 heterocycles. The molecule has 2 aromatic carbocycles. The van der Waals surface area contributed by atoms with Crippen LogP contribution in [0.25, 0.3) is 11.3 Å². The van der Waals surface area contributed by atoms with Gasteiger partial charge in [-0.05, 0) is 18.6 Å². The number of para-hydroxylation sites is 1. The minimum absolute atomic E-state index is 0.144. The van der Waals surface area contributed by atoms with Gasteiger partial charge in [-0.1, -0.05) is 48.5 Å². The summed E-state index contributed by atoms with van der Waals surface area (Å²) in [5, 5.41) is 11.3. The Balaban J connectivity index is 2.06. The van der Waals surface area contributed by atoms with Crippen molar-refractivity contribution in [3.8, 4) is 11.3 Å². The van der Waals surface area contributed by atoms with E-state index in [1.54, 1.807) is 0 Å². The number of anilines is 3. The van der Waals surface area contributed by atoms with Crippen LogP contribution in [0.1, 0.15) is 5.56 Å². The lowest BCUT2D eigenvalue weighted by Gasteiger charge is -2.12. The molecule has 0 aliphatic carbocycles. The Morgan fingerprint density at radius 3 is 2.38 bits per heavy atom. The smallest absolute Gasteiger partial charge is 0.242 e. The molecule has 0 unspecified atom stereocenters. The highest BCUT2D eigenvalue weighted by molar-refractivity contribution is 5.76. The molecular formula is C16H15N5. The molecule has 5 nitrogen and oxygen atoms in total. The van der Waals surface area contributed by atoms with Gasteiger partial charge in [-0.15, -0.1) is 10.2 Å². The minimum atomic E-state index is 0.144. The molecular weight excluding hydrogens is 262 g/mol. The lowest BCUT2D eigenvalue weighted by Crippen LogP contribution is -2.05. The minimum Gasteiger partial charge on any atom is -0.366 e. The van der Waals surface area contributed by atoms with Crippen LogP contribution in [0.15, 0.2) is 54.6 Å². The molecule has 21 heavy (non-hydrogen) atoms. The normalized spacial score (nSPS) is 10.3. The van der Waals surface area contributed by atoms with E-state index in [1.807, 2.05) is 61.5 Å². The van der Waals surface area contributed by atoms with E-state index in [1.165, 1.54) is 0 Å². The first-order valence-electron chi connectivity index (χ1n) is 6.62. The van der Waals surface area contributed by atoms with Crippen molar-refractivity contribution in [1.82, 2.24) is 15.2 Å². The van der Waals surface area contributed by atoms with E-state index in [0.717, 1.165) is 16.8 Å². The SMILES string of the molecule is Cc1ccccc1Nc1nc(N)nnc1-c1ccccc1. The van der Waals surface area contributed by atoms with Crippen LogP contribution in [0.2, 0.25) is 0 Å². The average Bonchev–Trinajstić information content (AvgIpc) is 2.51. The molecule has 0 saturated heterocycles. The summed E-state index contributed by atoms with van der Waals surface area (Å²) in [6.07, 6.45) is 0. The van der Waals surface area contributed by atoms with Crippen LogP contribution in [0.5, 0.6) is 0 Å². The number of nitrogens with two attached hydrogens (primary N) is 1. The van der Waals surface area contributed by atoms with Crippen molar-refractivity contribution in [2.24, 2.45) is 0 Å². The largest absolute Gasteiger partial charge is 0.366 e. The Morgan fingerprint density at radius 2 is 1.62 bits per heavy atom. The molecule has 5 heteroatoms. The van der Waals surface area contributed by atoms with Crippen molar-refractivity contribution in [2.75, 3.05) is 11.1 Å². The fourth-order valence-electron chi connectivity index (χ4n) is 2.06. The number of aromatic nitrogens is 3. The van der Waals surface area contributed by atoms with Gasteiger partial charge in [-0.25, -0.2) is 0 Å². The molecule has 0 bridgehead atoms.